The molecule has 2 amide bonds. The minimum absolute atomic E-state index is 0.0438. The van der Waals surface area contributed by atoms with Crippen LogP contribution in [0.5, 0.6) is 11.5 Å². The molecule has 0 spiro atoms. The van der Waals surface area contributed by atoms with Gasteiger partial charge in [-0.15, -0.1) is 0 Å². The molecule has 2 aromatic rings. The zero-order valence-corrected chi connectivity index (χ0v) is 13.9. The highest BCUT2D eigenvalue weighted by Gasteiger charge is 2.05. The molecule has 0 saturated carbocycles. The lowest BCUT2D eigenvalue weighted by Gasteiger charge is -2.06. The Hall–Kier alpha value is -3.35. The number of nitrogens with one attached hydrogen (secondary N) is 2. The summed E-state index contributed by atoms with van der Waals surface area (Å²) in [6.45, 7) is 3.66. The first kappa shape index (κ1) is 18.0. The lowest BCUT2D eigenvalue weighted by molar-refractivity contribution is -0.114. The van der Waals surface area contributed by atoms with Crippen LogP contribution < -0.4 is 15.5 Å². The summed E-state index contributed by atoms with van der Waals surface area (Å²) in [6, 6.07) is 11.2. The van der Waals surface area contributed by atoms with Crippen molar-refractivity contribution in [1.82, 2.24) is 5.43 Å². The molecule has 130 valence electrons. The first-order valence-electron chi connectivity index (χ1n) is 7.66. The zero-order valence-electron chi connectivity index (χ0n) is 13.9. The van der Waals surface area contributed by atoms with Gasteiger partial charge in [-0.05, 0) is 55.0 Å². The fourth-order valence-corrected chi connectivity index (χ4v) is 2.02. The van der Waals surface area contributed by atoms with E-state index in [0.29, 0.717) is 29.2 Å². The lowest BCUT2D eigenvalue weighted by Crippen LogP contribution is -2.17. The number of rotatable bonds is 6. The van der Waals surface area contributed by atoms with Crippen molar-refractivity contribution >= 4 is 23.7 Å². The van der Waals surface area contributed by atoms with Crippen molar-refractivity contribution in [1.29, 1.82) is 0 Å². The van der Waals surface area contributed by atoms with Crippen LogP contribution in [-0.2, 0) is 4.79 Å². The largest absolute Gasteiger partial charge is 0.504 e. The van der Waals surface area contributed by atoms with Gasteiger partial charge in [0.25, 0.3) is 5.91 Å². The van der Waals surface area contributed by atoms with E-state index in [0.717, 1.165) is 0 Å². The van der Waals surface area contributed by atoms with Crippen LogP contribution in [0.25, 0.3) is 0 Å². The summed E-state index contributed by atoms with van der Waals surface area (Å²) < 4.78 is 5.28. The van der Waals surface area contributed by atoms with Crippen molar-refractivity contribution in [2.75, 3.05) is 11.9 Å². The van der Waals surface area contributed by atoms with Crippen LogP contribution in [0.3, 0.4) is 0 Å². The van der Waals surface area contributed by atoms with Gasteiger partial charge in [-0.25, -0.2) is 5.43 Å². The van der Waals surface area contributed by atoms with E-state index in [1.807, 2.05) is 6.92 Å². The third-order valence-electron chi connectivity index (χ3n) is 3.13. The highest BCUT2D eigenvalue weighted by molar-refractivity contribution is 5.96. The number of ether oxygens (including phenoxy) is 1. The molecule has 25 heavy (non-hydrogen) atoms. The van der Waals surface area contributed by atoms with Gasteiger partial charge in [0.2, 0.25) is 5.91 Å². The fourth-order valence-electron chi connectivity index (χ4n) is 2.02. The maximum atomic E-state index is 12.0. The first-order valence-corrected chi connectivity index (χ1v) is 7.66. The number of aromatic hydroxyl groups is 1. The Kier molecular flexibility index (Phi) is 6.11. The van der Waals surface area contributed by atoms with Crippen LogP contribution in [0.2, 0.25) is 0 Å². The van der Waals surface area contributed by atoms with Crippen molar-refractivity contribution < 1.29 is 19.4 Å². The fraction of sp³-hybridized carbons (Fsp3) is 0.167. The molecule has 0 heterocycles. The van der Waals surface area contributed by atoms with Gasteiger partial charge in [0.05, 0.1) is 12.8 Å². The van der Waals surface area contributed by atoms with Crippen molar-refractivity contribution in [2.45, 2.75) is 13.8 Å². The second-order valence-corrected chi connectivity index (χ2v) is 5.12. The Morgan fingerprint density at radius 3 is 2.56 bits per heavy atom. The summed E-state index contributed by atoms with van der Waals surface area (Å²) in [5, 5.41) is 16.2. The minimum atomic E-state index is -0.380. The summed E-state index contributed by atoms with van der Waals surface area (Å²) >= 11 is 0. The molecule has 7 heteroatoms. The van der Waals surface area contributed by atoms with E-state index in [-0.39, 0.29) is 17.6 Å². The number of hydrazone groups is 1. The SMILES string of the molecule is CCOc1cc(C=NNC(=O)c2ccc(NC(C)=O)cc2)ccc1O. The molecule has 0 aromatic heterocycles. The second-order valence-electron chi connectivity index (χ2n) is 5.12. The molecule has 0 aliphatic heterocycles. The number of hydrogen-bond acceptors (Lipinski definition) is 5. The summed E-state index contributed by atoms with van der Waals surface area (Å²) in [4.78, 5) is 23.0. The van der Waals surface area contributed by atoms with Crippen molar-refractivity contribution in [3.05, 3.63) is 53.6 Å². The Labute approximate surface area is 145 Å². The average Bonchev–Trinajstić information content (AvgIpc) is 2.58. The van der Waals surface area contributed by atoms with E-state index in [2.05, 4.69) is 15.8 Å². The highest BCUT2D eigenvalue weighted by Crippen LogP contribution is 2.26. The molecule has 0 atom stereocenters. The number of benzene rings is 2. The molecule has 0 radical (unpaired) electrons. The molecular weight excluding hydrogens is 322 g/mol. The highest BCUT2D eigenvalue weighted by atomic mass is 16.5. The van der Waals surface area contributed by atoms with E-state index >= 15 is 0 Å². The third kappa shape index (κ3) is 5.35. The molecule has 7 nitrogen and oxygen atoms in total. The molecule has 0 unspecified atom stereocenters. The van der Waals surface area contributed by atoms with Crippen LogP contribution in [0, 0.1) is 0 Å². The van der Waals surface area contributed by atoms with Crippen LogP contribution in [0.4, 0.5) is 5.69 Å². The zero-order chi connectivity index (χ0) is 18.2. The number of amides is 2. The number of hydrogen-bond donors (Lipinski definition) is 3. The maximum absolute atomic E-state index is 12.0. The number of anilines is 1. The van der Waals surface area contributed by atoms with Crippen molar-refractivity contribution in [3.8, 4) is 11.5 Å². The van der Waals surface area contributed by atoms with E-state index in [9.17, 15) is 14.7 Å². The van der Waals surface area contributed by atoms with Crippen LogP contribution in [0.15, 0.2) is 47.6 Å². The minimum Gasteiger partial charge on any atom is -0.504 e. The van der Waals surface area contributed by atoms with Crippen molar-refractivity contribution in [3.63, 3.8) is 0 Å². The summed E-state index contributed by atoms with van der Waals surface area (Å²) in [6.07, 6.45) is 1.45. The maximum Gasteiger partial charge on any atom is 0.271 e. The van der Waals surface area contributed by atoms with Gasteiger partial charge < -0.3 is 15.2 Å². The van der Waals surface area contributed by atoms with Crippen LogP contribution >= 0.6 is 0 Å². The number of nitrogens with zero attached hydrogens (tertiary/aromatic N) is 1. The van der Waals surface area contributed by atoms with Gasteiger partial charge in [-0.3, -0.25) is 9.59 Å². The predicted octanol–water partition coefficient (Wildman–Crippen LogP) is 2.51. The molecule has 0 fully saturated rings. The molecule has 0 aliphatic rings. The van der Waals surface area contributed by atoms with Crippen LogP contribution in [-0.4, -0.2) is 29.7 Å². The first-order chi connectivity index (χ1) is 12.0. The van der Waals surface area contributed by atoms with E-state index in [4.69, 9.17) is 4.74 Å². The van der Waals surface area contributed by atoms with E-state index in [1.165, 1.54) is 19.2 Å². The summed E-state index contributed by atoms with van der Waals surface area (Å²) in [5.74, 6) is -0.162. The lowest BCUT2D eigenvalue weighted by atomic mass is 10.2. The number of phenolic OH excluding ortho intramolecular Hbond substituents is 1. The third-order valence-corrected chi connectivity index (χ3v) is 3.13. The average molecular weight is 341 g/mol. The monoisotopic (exact) mass is 341 g/mol. The van der Waals surface area contributed by atoms with E-state index < -0.39 is 0 Å². The Balaban J connectivity index is 1.98. The molecule has 0 bridgehead atoms. The molecule has 2 rings (SSSR count). The van der Waals surface area contributed by atoms with Gasteiger partial charge in [0.1, 0.15) is 0 Å². The van der Waals surface area contributed by atoms with Gasteiger partial charge in [-0.1, -0.05) is 0 Å². The molecule has 2 aromatic carbocycles. The summed E-state index contributed by atoms with van der Waals surface area (Å²) in [5.41, 5.74) is 4.10. The summed E-state index contributed by atoms with van der Waals surface area (Å²) in [7, 11) is 0. The number of carbonyl (C=O) groups excluding carboxylic acids is 2. The van der Waals surface area contributed by atoms with Gasteiger partial charge in [0, 0.05) is 18.2 Å². The van der Waals surface area contributed by atoms with Gasteiger partial charge >= 0.3 is 0 Å². The Morgan fingerprint density at radius 1 is 1.20 bits per heavy atom. The molecule has 0 saturated heterocycles. The predicted molar refractivity (Wildman–Crippen MR) is 95.1 cm³/mol. The van der Waals surface area contributed by atoms with Crippen LogP contribution in [0.1, 0.15) is 29.8 Å². The number of phenols is 1. The van der Waals surface area contributed by atoms with E-state index in [1.54, 1.807) is 36.4 Å². The quantitative estimate of drug-likeness (QED) is 0.555. The second kappa shape index (κ2) is 8.49. The molecular formula is C18H19N3O4. The standard InChI is InChI=1S/C18H19N3O4/c1-3-25-17-10-13(4-9-16(17)23)11-19-21-18(24)14-5-7-15(8-6-14)20-12(2)22/h4-11,23H,3H2,1-2H3,(H,20,22)(H,21,24). The number of carbonyl (C=O) groups is 2. The smallest absolute Gasteiger partial charge is 0.271 e. The van der Waals surface area contributed by atoms with Gasteiger partial charge in [0.15, 0.2) is 11.5 Å². The Bertz CT molecular complexity index is 785. The molecule has 3 N–H and O–H groups in total. The van der Waals surface area contributed by atoms with Crippen molar-refractivity contribution in [2.24, 2.45) is 5.10 Å². The normalized spacial score (nSPS) is 10.5. The van der Waals surface area contributed by atoms with Gasteiger partial charge in [-0.2, -0.15) is 5.10 Å². The molecule has 0 aliphatic carbocycles. The Morgan fingerprint density at radius 2 is 1.92 bits per heavy atom. The topological polar surface area (TPSA) is 100 Å².